The van der Waals surface area contributed by atoms with Gasteiger partial charge in [-0.15, -0.1) is 0 Å². The van der Waals surface area contributed by atoms with Crippen molar-refractivity contribution in [3.05, 3.63) is 52.6 Å². The molecule has 2 aliphatic rings. The van der Waals surface area contributed by atoms with Crippen molar-refractivity contribution in [1.82, 2.24) is 9.97 Å². The molecule has 0 unspecified atom stereocenters. The highest BCUT2D eigenvalue weighted by atomic mass is 35.5. The van der Waals surface area contributed by atoms with E-state index in [9.17, 15) is 4.39 Å². The largest absolute Gasteiger partial charge is 0.348 e. The molecule has 3 heterocycles. The number of halogens is 2. The molecule has 8 heteroatoms. The average Bonchev–Trinajstić information content (AvgIpc) is 2.75. The number of ether oxygens (including phenoxy) is 2. The molecule has 0 radical (unpaired) electrons. The van der Waals surface area contributed by atoms with E-state index in [1.165, 1.54) is 12.1 Å². The third-order valence-electron chi connectivity index (χ3n) is 5.52. The van der Waals surface area contributed by atoms with Gasteiger partial charge in [0.15, 0.2) is 6.29 Å². The van der Waals surface area contributed by atoms with Gasteiger partial charge in [-0.25, -0.2) is 14.4 Å². The van der Waals surface area contributed by atoms with Gasteiger partial charge in [-0.05, 0) is 37.3 Å². The molecule has 6 nitrogen and oxygen atoms in total. The summed E-state index contributed by atoms with van der Waals surface area (Å²) in [5, 5.41) is 9.38. The van der Waals surface area contributed by atoms with E-state index in [2.05, 4.69) is 14.9 Å². The number of piperidine rings is 1. The van der Waals surface area contributed by atoms with Gasteiger partial charge in [0.2, 0.25) is 5.95 Å². The topological polar surface area (TPSA) is 71.3 Å². The van der Waals surface area contributed by atoms with Gasteiger partial charge in [0.05, 0.1) is 36.2 Å². The number of hydrogen-bond donors (Lipinski definition) is 0. The second-order valence-corrected chi connectivity index (χ2v) is 8.02. The van der Waals surface area contributed by atoms with Gasteiger partial charge >= 0.3 is 0 Å². The highest BCUT2D eigenvalue weighted by Crippen LogP contribution is 2.32. The lowest BCUT2D eigenvalue weighted by molar-refractivity contribution is -0.207. The molecule has 2 saturated heterocycles. The number of rotatable bonds is 4. The highest BCUT2D eigenvalue weighted by molar-refractivity contribution is 6.30. The summed E-state index contributed by atoms with van der Waals surface area (Å²) < 4.78 is 25.5. The number of anilines is 1. The molecule has 0 bridgehead atoms. The van der Waals surface area contributed by atoms with Gasteiger partial charge in [0.25, 0.3) is 0 Å². The summed E-state index contributed by atoms with van der Waals surface area (Å²) in [6.07, 6.45) is 5.88. The molecule has 1 aromatic heterocycles. The van der Waals surface area contributed by atoms with Crippen molar-refractivity contribution >= 4 is 17.5 Å². The van der Waals surface area contributed by atoms with Gasteiger partial charge < -0.3 is 14.4 Å². The Morgan fingerprint density at radius 1 is 1.14 bits per heavy atom. The summed E-state index contributed by atoms with van der Waals surface area (Å²) >= 11 is 5.85. The van der Waals surface area contributed by atoms with Crippen molar-refractivity contribution in [3.63, 3.8) is 0 Å². The molecule has 0 saturated carbocycles. The van der Waals surface area contributed by atoms with E-state index >= 15 is 0 Å². The molecule has 152 valence electrons. The SMILES string of the molecule is N#Cc1ccc(C2OCC(CC3CCN(c4ncc(Cl)cn4)CC3)CO2)cc1F. The molecular weight excluding hydrogens is 395 g/mol. The van der Waals surface area contributed by atoms with Crippen molar-refractivity contribution in [1.29, 1.82) is 5.26 Å². The van der Waals surface area contributed by atoms with E-state index < -0.39 is 12.1 Å². The van der Waals surface area contributed by atoms with Crippen LogP contribution in [-0.4, -0.2) is 36.3 Å². The fourth-order valence-electron chi connectivity index (χ4n) is 3.95. The lowest BCUT2D eigenvalue weighted by Crippen LogP contribution is -2.37. The first-order chi connectivity index (χ1) is 14.1. The normalized spacial score (nSPS) is 23.0. The fourth-order valence-corrected chi connectivity index (χ4v) is 4.05. The van der Waals surface area contributed by atoms with E-state index in [-0.39, 0.29) is 5.56 Å². The molecule has 2 aromatic rings. The zero-order chi connectivity index (χ0) is 20.2. The maximum atomic E-state index is 13.8. The van der Waals surface area contributed by atoms with Crippen molar-refractivity contribution in [3.8, 4) is 6.07 Å². The van der Waals surface area contributed by atoms with Crippen LogP contribution in [0.4, 0.5) is 10.3 Å². The molecule has 0 amide bonds. The minimum absolute atomic E-state index is 0.0257. The summed E-state index contributed by atoms with van der Waals surface area (Å²) in [6.45, 7) is 3.03. The van der Waals surface area contributed by atoms with Crippen molar-refractivity contribution in [2.24, 2.45) is 11.8 Å². The fraction of sp³-hybridized carbons (Fsp3) is 0.476. The first-order valence-electron chi connectivity index (χ1n) is 9.77. The molecule has 0 aliphatic carbocycles. The summed E-state index contributed by atoms with van der Waals surface area (Å²) in [5.41, 5.74) is 0.633. The van der Waals surface area contributed by atoms with Gasteiger partial charge in [0, 0.05) is 24.6 Å². The Balaban J connectivity index is 1.24. The highest BCUT2D eigenvalue weighted by Gasteiger charge is 2.28. The van der Waals surface area contributed by atoms with Crippen LogP contribution in [0.5, 0.6) is 0 Å². The Labute approximate surface area is 174 Å². The zero-order valence-corrected chi connectivity index (χ0v) is 16.7. The van der Waals surface area contributed by atoms with E-state index in [0.717, 1.165) is 38.3 Å². The average molecular weight is 417 g/mol. The standard InChI is InChI=1S/C21H22ClFN4O2/c22-18-10-25-21(26-11-18)27-5-3-14(4-6-27)7-15-12-28-20(29-13-15)16-1-2-17(9-24)19(23)8-16/h1-2,8,10-11,14-15,20H,3-7,12-13H2. The molecule has 0 spiro atoms. The Bertz CT molecular complexity index is 873. The van der Waals surface area contributed by atoms with E-state index in [1.54, 1.807) is 18.5 Å². The Kier molecular flexibility index (Phi) is 6.24. The molecular formula is C21H22ClFN4O2. The summed E-state index contributed by atoms with van der Waals surface area (Å²) in [6, 6.07) is 6.28. The first-order valence-corrected chi connectivity index (χ1v) is 10.2. The maximum Gasteiger partial charge on any atom is 0.225 e. The number of benzene rings is 1. The Hall–Kier alpha value is -2.27. The smallest absolute Gasteiger partial charge is 0.225 e. The lowest BCUT2D eigenvalue weighted by atomic mass is 9.87. The van der Waals surface area contributed by atoms with Crippen LogP contribution in [0.1, 0.15) is 36.7 Å². The third-order valence-corrected chi connectivity index (χ3v) is 5.72. The number of nitrogens with zero attached hydrogens (tertiary/aromatic N) is 4. The zero-order valence-electron chi connectivity index (χ0n) is 15.9. The molecule has 2 fully saturated rings. The van der Waals surface area contributed by atoms with Crippen molar-refractivity contribution in [2.75, 3.05) is 31.2 Å². The van der Waals surface area contributed by atoms with Gasteiger partial charge in [-0.3, -0.25) is 0 Å². The number of nitriles is 1. The van der Waals surface area contributed by atoms with E-state index in [4.69, 9.17) is 26.3 Å². The second-order valence-electron chi connectivity index (χ2n) is 7.58. The summed E-state index contributed by atoms with van der Waals surface area (Å²) in [5.74, 6) is 1.13. The minimum atomic E-state index is -0.572. The van der Waals surface area contributed by atoms with Gasteiger partial charge in [0.1, 0.15) is 11.9 Å². The maximum absolute atomic E-state index is 13.8. The lowest BCUT2D eigenvalue weighted by Gasteiger charge is -2.35. The second kappa shape index (κ2) is 9.04. The van der Waals surface area contributed by atoms with Gasteiger partial charge in [-0.1, -0.05) is 17.7 Å². The molecule has 4 rings (SSSR count). The molecule has 0 N–H and O–H groups in total. The predicted octanol–water partition coefficient (Wildman–Crippen LogP) is 4.11. The quantitative estimate of drug-likeness (QED) is 0.746. The van der Waals surface area contributed by atoms with Crippen LogP contribution < -0.4 is 4.90 Å². The molecule has 29 heavy (non-hydrogen) atoms. The number of hydrogen-bond acceptors (Lipinski definition) is 6. The predicted molar refractivity (Wildman–Crippen MR) is 106 cm³/mol. The third kappa shape index (κ3) is 4.84. The summed E-state index contributed by atoms with van der Waals surface area (Å²) in [7, 11) is 0. The van der Waals surface area contributed by atoms with Crippen LogP contribution in [0.3, 0.4) is 0 Å². The minimum Gasteiger partial charge on any atom is -0.348 e. The van der Waals surface area contributed by atoms with Crippen molar-refractivity contribution < 1.29 is 13.9 Å². The Morgan fingerprint density at radius 2 is 1.83 bits per heavy atom. The van der Waals surface area contributed by atoms with Gasteiger partial charge in [-0.2, -0.15) is 5.26 Å². The molecule has 0 atom stereocenters. The molecule has 1 aromatic carbocycles. The van der Waals surface area contributed by atoms with Crippen LogP contribution in [0.15, 0.2) is 30.6 Å². The van der Waals surface area contributed by atoms with Crippen LogP contribution >= 0.6 is 11.6 Å². The van der Waals surface area contributed by atoms with E-state index in [1.807, 2.05) is 6.07 Å². The first kappa shape index (κ1) is 20.0. The number of aromatic nitrogens is 2. The van der Waals surface area contributed by atoms with Crippen LogP contribution in [0.25, 0.3) is 0 Å². The Morgan fingerprint density at radius 3 is 2.45 bits per heavy atom. The monoisotopic (exact) mass is 416 g/mol. The van der Waals surface area contributed by atoms with Crippen LogP contribution in [-0.2, 0) is 9.47 Å². The molecule has 2 aliphatic heterocycles. The van der Waals surface area contributed by atoms with Crippen LogP contribution in [0, 0.1) is 29.0 Å². The van der Waals surface area contributed by atoms with E-state index in [0.29, 0.717) is 35.6 Å². The van der Waals surface area contributed by atoms with Crippen molar-refractivity contribution in [2.45, 2.75) is 25.6 Å². The van der Waals surface area contributed by atoms with Crippen LogP contribution in [0.2, 0.25) is 5.02 Å². The summed E-state index contributed by atoms with van der Waals surface area (Å²) in [4.78, 5) is 10.8.